The van der Waals surface area contributed by atoms with Gasteiger partial charge in [0.05, 0.1) is 10.7 Å². The predicted molar refractivity (Wildman–Crippen MR) is 58.0 cm³/mol. The zero-order valence-corrected chi connectivity index (χ0v) is 9.27. The molecule has 3 heteroatoms. The van der Waals surface area contributed by atoms with Crippen LogP contribution in [0.2, 0.25) is 0 Å². The first-order valence-electron chi connectivity index (χ1n) is 4.46. The van der Waals surface area contributed by atoms with E-state index in [0.29, 0.717) is 0 Å². The molecule has 1 rings (SSSR count). The molecule has 0 unspecified atom stereocenters. The predicted octanol–water partition coefficient (Wildman–Crippen LogP) is 2.26. The molecule has 0 spiro atoms. The minimum atomic E-state index is 0.915. The molecule has 72 valence electrons. The maximum atomic E-state index is 4.52. The molecule has 1 aromatic heterocycles. The van der Waals surface area contributed by atoms with E-state index in [0.717, 1.165) is 23.0 Å². The number of hydrogen-bond donors (Lipinski definition) is 0. The highest BCUT2D eigenvalue weighted by atomic mass is 32.2. The van der Waals surface area contributed by atoms with Crippen molar-refractivity contribution in [2.75, 3.05) is 19.8 Å². The summed E-state index contributed by atoms with van der Waals surface area (Å²) in [7, 11) is 4.11. The lowest BCUT2D eigenvalue weighted by atomic mass is 10.3. The molecule has 0 aromatic carbocycles. The molecule has 0 bridgehead atoms. The summed E-state index contributed by atoms with van der Waals surface area (Å²) >= 11 is 1.79. The second-order valence-corrected chi connectivity index (χ2v) is 4.42. The van der Waals surface area contributed by atoms with Gasteiger partial charge in [0, 0.05) is 6.54 Å². The molecule has 0 N–H and O–H groups in total. The van der Waals surface area contributed by atoms with Crippen molar-refractivity contribution in [3.8, 4) is 0 Å². The summed E-state index contributed by atoms with van der Waals surface area (Å²) < 4.78 is 0. The number of pyridine rings is 1. The van der Waals surface area contributed by atoms with E-state index in [2.05, 4.69) is 49.1 Å². The van der Waals surface area contributed by atoms with Crippen LogP contribution >= 0.6 is 11.8 Å². The van der Waals surface area contributed by atoms with Gasteiger partial charge < -0.3 is 4.90 Å². The maximum absolute atomic E-state index is 4.52. The third-order valence-corrected chi connectivity index (χ3v) is 2.36. The highest BCUT2D eigenvalue weighted by Gasteiger charge is 1.98. The lowest BCUT2D eigenvalue weighted by molar-refractivity contribution is 0.395. The molecule has 0 atom stereocenters. The number of nitrogens with zero attached hydrogens (tertiary/aromatic N) is 2. The Morgan fingerprint density at radius 2 is 2.15 bits per heavy atom. The summed E-state index contributed by atoms with van der Waals surface area (Å²) in [6, 6.07) is 6.21. The van der Waals surface area contributed by atoms with E-state index in [-0.39, 0.29) is 0 Å². The molecule has 0 saturated heterocycles. The van der Waals surface area contributed by atoms with Gasteiger partial charge in [-0.2, -0.15) is 0 Å². The van der Waals surface area contributed by atoms with Crippen LogP contribution in [0.15, 0.2) is 23.2 Å². The van der Waals surface area contributed by atoms with Gasteiger partial charge in [-0.3, -0.25) is 0 Å². The average Bonchev–Trinajstić information content (AvgIpc) is 2.04. The fourth-order valence-corrected chi connectivity index (χ4v) is 1.75. The summed E-state index contributed by atoms with van der Waals surface area (Å²) in [5.74, 6) is 1.08. The Hall–Kier alpha value is -0.540. The molecule has 1 aromatic rings. The first-order valence-corrected chi connectivity index (χ1v) is 5.44. The first kappa shape index (κ1) is 10.5. The van der Waals surface area contributed by atoms with Crippen LogP contribution in [-0.2, 0) is 6.54 Å². The van der Waals surface area contributed by atoms with Crippen molar-refractivity contribution in [1.29, 1.82) is 0 Å². The Morgan fingerprint density at radius 3 is 2.77 bits per heavy atom. The SMILES string of the molecule is CCSc1cccc(CN(C)C)n1. The zero-order valence-electron chi connectivity index (χ0n) is 8.45. The second-order valence-electron chi connectivity index (χ2n) is 3.14. The second kappa shape index (κ2) is 5.25. The van der Waals surface area contributed by atoms with Crippen molar-refractivity contribution >= 4 is 11.8 Å². The fraction of sp³-hybridized carbons (Fsp3) is 0.500. The Kier molecular flexibility index (Phi) is 4.25. The van der Waals surface area contributed by atoms with E-state index in [4.69, 9.17) is 0 Å². The van der Waals surface area contributed by atoms with Gasteiger partial charge in [0.15, 0.2) is 0 Å². The van der Waals surface area contributed by atoms with Gasteiger partial charge in [0.1, 0.15) is 0 Å². The number of rotatable bonds is 4. The minimum Gasteiger partial charge on any atom is -0.304 e. The fourth-order valence-electron chi connectivity index (χ4n) is 1.10. The molecular weight excluding hydrogens is 180 g/mol. The van der Waals surface area contributed by atoms with Gasteiger partial charge in [-0.25, -0.2) is 4.98 Å². The van der Waals surface area contributed by atoms with Gasteiger partial charge >= 0.3 is 0 Å². The van der Waals surface area contributed by atoms with Crippen LogP contribution in [0.5, 0.6) is 0 Å². The Bertz CT molecular complexity index is 261. The van der Waals surface area contributed by atoms with Gasteiger partial charge in [0.2, 0.25) is 0 Å². The number of thioether (sulfide) groups is 1. The molecule has 0 aliphatic rings. The van der Waals surface area contributed by atoms with Crippen LogP contribution in [0, 0.1) is 0 Å². The first-order chi connectivity index (χ1) is 6.22. The lowest BCUT2D eigenvalue weighted by Gasteiger charge is -2.09. The highest BCUT2D eigenvalue weighted by Crippen LogP contribution is 2.14. The molecule has 0 saturated carbocycles. The lowest BCUT2D eigenvalue weighted by Crippen LogP contribution is -2.11. The third-order valence-electron chi connectivity index (χ3n) is 1.55. The largest absolute Gasteiger partial charge is 0.304 e. The van der Waals surface area contributed by atoms with Crippen LogP contribution in [0.4, 0.5) is 0 Å². The molecule has 0 radical (unpaired) electrons. The summed E-state index contributed by atoms with van der Waals surface area (Å²) in [4.78, 5) is 6.65. The number of aromatic nitrogens is 1. The van der Waals surface area contributed by atoms with Crippen LogP contribution in [0.3, 0.4) is 0 Å². The van der Waals surface area contributed by atoms with E-state index in [1.807, 2.05) is 0 Å². The van der Waals surface area contributed by atoms with E-state index in [1.165, 1.54) is 0 Å². The van der Waals surface area contributed by atoms with Gasteiger partial charge in [-0.1, -0.05) is 13.0 Å². The van der Waals surface area contributed by atoms with Crippen molar-refractivity contribution in [3.63, 3.8) is 0 Å². The van der Waals surface area contributed by atoms with E-state index in [1.54, 1.807) is 11.8 Å². The quantitative estimate of drug-likeness (QED) is 0.687. The summed E-state index contributed by atoms with van der Waals surface area (Å²) in [5, 5.41) is 1.13. The van der Waals surface area contributed by atoms with Crippen molar-refractivity contribution < 1.29 is 0 Å². The molecule has 0 fully saturated rings. The Labute approximate surface area is 84.4 Å². The molecule has 0 aliphatic carbocycles. The van der Waals surface area contributed by atoms with Crippen molar-refractivity contribution in [3.05, 3.63) is 23.9 Å². The summed E-state index contributed by atoms with van der Waals surface area (Å²) in [6.07, 6.45) is 0. The summed E-state index contributed by atoms with van der Waals surface area (Å²) in [5.41, 5.74) is 1.14. The van der Waals surface area contributed by atoms with Crippen LogP contribution in [0.1, 0.15) is 12.6 Å². The zero-order chi connectivity index (χ0) is 9.68. The topological polar surface area (TPSA) is 16.1 Å². The monoisotopic (exact) mass is 196 g/mol. The standard InChI is InChI=1S/C10H16N2S/c1-4-13-10-7-5-6-9(11-10)8-12(2)3/h5-7H,4,8H2,1-3H3. The molecule has 13 heavy (non-hydrogen) atoms. The third kappa shape index (κ3) is 3.79. The number of hydrogen-bond acceptors (Lipinski definition) is 3. The molecule has 0 aliphatic heterocycles. The normalized spacial score (nSPS) is 10.8. The minimum absolute atomic E-state index is 0.915. The van der Waals surface area contributed by atoms with Crippen molar-refractivity contribution in [1.82, 2.24) is 9.88 Å². The smallest absolute Gasteiger partial charge is 0.0963 e. The van der Waals surface area contributed by atoms with E-state index >= 15 is 0 Å². The molecule has 0 amide bonds. The Morgan fingerprint density at radius 1 is 1.38 bits per heavy atom. The van der Waals surface area contributed by atoms with Crippen LogP contribution in [0.25, 0.3) is 0 Å². The summed E-state index contributed by atoms with van der Waals surface area (Å²) in [6.45, 7) is 3.06. The van der Waals surface area contributed by atoms with Crippen LogP contribution in [-0.4, -0.2) is 29.7 Å². The van der Waals surface area contributed by atoms with Gasteiger partial charge in [-0.15, -0.1) is 11.8 Å². The Balaban J connectivity index is 2.67. The van der Waals surface area contributed by atoms with Gasteiger partial charge in [-0.05, 0) is 32.0 Å². The average molecular weight is 196 g/mol. The van der Waals surface area contributed by atoms with Gasteiger partial charge in [0.25, 0.3) is 0 Å². The maximum Gasteiger partial charge on any atom is 0.0963 e. The van der Waals surface area contributed by atoms with E-state index in [9.17, 15) is 0 Å². The van der Waals surface area contributed by atoms with Crippen molar-refractivity contribution in [2.45, 2.75) is 18.5 Å². The highest BCUT2D eigenvalue weighted by molar-refractivity contribution is 7.99. The van der Waals surface area contributed by atoms with Crippen LogP contribution < -0.4 is 0 Å². The molecule has 1 heterocycles. The van der Waals surface area contributed by atoms with E-state index < -0.39 is 0 Å². The molecular formula is C10H16N2S. The van der Waals surface area contributed by atoms with Crippen molar-refractivity contribution in [2.24, 2.45) is 0 Å². The molecule has 2 nitrogen and oxygen atoms in total.